The molecule has 6 heteroatoms. The zero-order valence-electron chi connectivity index (χ0n) is 9.68. The quantitative estimate of drug-likeness (QED) is 0.603. The first-order valence-electron chi connectivity index (χ1n) is 5.38. The van der Waals surface area contributed by atoms with Gasteiger partial charge in [0.2, 0.25) is 0 Å². The van der Waals surface area contributed by atoms with E-state index in [2.05, 4.69) is 15.9 Å². The Morgan fingerprint density at radius 1 is 1.26 bits per heavy atom. The molecule has 0 saturated heterocycles. The molecule has 2 rings (SSSR count). The van der Waals surface area contributed by atoms with Gasteiger partial charge in [0.1, 0.15) is 12.4 Å². The molecule has 0 radical (unpaired) electrons. The fourth-order valence-electron chi connectivity index (χ4n) is 1.57. The van der Waals surface area contributed by atoms with Gasteiger partial charge >= 0.3 is 0 Å². The fourth-order valence-corrected chi connectivity index (χ4v) is 2.18. The SMILES string of the molecule is O=[N+]([O-])c1cccc(Cl)c1COc1cccc(Br)c1. The molecule has 0 aromatic heterocycles. The molecule has 0 unspecified atom stereocenters. The Balaban J connectivity index is 2.22. The predicted octanol–water partition coefficient (Wildman–Crippen LogP) is 4.59. The maximum atomic E-state index is 10.9. The molecule has 0 aliphatic carbocycles. The van der Waals surface area contributed by atoms with Crippen molar-refractivity contribution in [2.24, 2.45) is 0 Å². The Morgan fingerprint density at radius 2 is 2.00 bits per heavy atom. The van der Waals surface area contributed by atoms with Gasteiger partial charge < -0.3 is 4.74 Å². The van der Waals surface area contributed by atoms with Gasteiger partial charge in [0, 0.05) is 10.5 Å². The van der Waals surface area contributed by atoms with Crippen LogP contribution in [0.25, 0.3) is 0 Å². The molecule has 2 aromatic rings. The summed E-state index contributed by atoms with van der Waals surface area (Å²) in [5, 5.41) is 11.2. The van der Waals surface area contributed by atoms with Gasteiger partial charge in [0.25, 0.3) is 5.69 Å². The van der Waals surface area contributed by atoms with Gasteiger partial charge in [-0.3, -0.25) is 10.1 Å². The average Bonchev–Trinajstić information content (AvgIpc) is 2.37. The first kappa shape index (κ1) is 13.8. The van der Waals surface area contributed by atoms with E-state index in [9.17, 15) is 10.1 Å². The van der Waals surface area contributed by atoms with Gasteiger partial charge in [0.15, 0.2) is 0 Å². The highest BCUT2D eigenvalue weighted by Gasteiger charge is 2.17. The third kappa shape index (κ3) is 3.45. The zero-order valence-corrected chi connectivity index (χ0v) is 12.0. The van der Waals surface area contributed by atoms with Crippen LogP contribution in [0.2, 0.25) is 5.02 Å². The second-order valence-corrected chi connectivity index (χ2v) is 5.06. The predicted molar refractivity (Wildman–Crippen MR) is 76.6 cm³/mol. The normalized spacial score (nSPS) is 10.2. The molecule has 0 spiro atoms. The van der Waals surface area contributed by atoms with Crippen LogP contribution in [0.15, 0.2) is 46.9 Å². The molecule has 0 bridgehead atoms. The van der Waals surface area contributed by atoms with Crippen molar-refractivity contribution in [3.8, 4) is 5.75 Å². The summed E-state index contributed by atoms with van der Waals surface area (Å²) in [6.07, 6.45) is 0. The molecule has 0 atom stereocenters. The van der Waals surface area contributed by atoms with Crippen LogP contribution >= 0.6 is 27.5 Å². The van der Waals surface area contributed by atoms with Crippen LogP contribution in [0.5, 0.6) is 5.75 Å². The van der Waals surface area contributed by atoms with Gasteiger partial charge in [-0.2, -0.15) is 0 Å². The van der Waals surface area contributed by atoms with Crippen molar-refractivity contribution >= 4 is 33.2 Å². The first-order chi connectivity index (χ1) is 9.08. The molecule has 98 valence electrons. The van der Waals surface area contributed by atoms with Crippen molar-refractivity contribution in [1.29, 1.82) is 0 Å². The lowest BCUT2D eigenvalue weighted by Gasteiger charge is -2.08. The number of rotatable bonds is 4. The number of halogens is 2. The maximum Gasteiger partial charge on any atom is 0.277 e. The van der Waals surface area contributed by atoms with Gasteiger partial charge in [-0.15, -0.1) is 0 Å². The van der Waals surface area contributed by atoms with E-state index in [0.717, 1.165) is 4.47 Å². The Hall–Kier alpha value is -1.59. The number of benzene rings is 2. The van der Waals surface area contributed by atoms with Gasteiger partial charge in [-0.1, -0.05) is 39.7 Å². The number of nitro benzene ring substituents is 1. The molecule has 4 nitrogen and oxygen atoms in total. The number of nitrogens with zero attached hydrogens (tertiary/aromatic N) is 1. The van der Waals surface area contributed by atoms with Crippen molar-refractivity contribution in [3.05, 3.63) is 67.6 Å². The van der Waals surface area contributed by atoms with Crippen molar-refractivity contribution < 1.29 is 9.66 Å². The first-order valence-corrected chi connectivity index (χ1v) is 6.55. The molecular weight excluding hydrogens is 334 g/mol. The Kier molecular flexibility index (Phi) is 4.39. The lowest BCUT2D eigenvalue weighted by atomic mass is 10.2. The van der Waals surface area contributed by atoms with Crippen molar-refractivity contribution in [3.63, 3.8) is 0 Å². The summed E-state index contributed by atoms with van der Waals surface area (Å²) < 4.78 is 6.40. The Labute approximate surface area is 123 Å². The third-order valence-electron chi connectivity index (χ3n) is 2.47. The summed E-state index contributed by atoms with van der Waals surface area (Å²) >= 11 is 9.30. The van der Waals surface area contributed by atoms with Crippen LogP contribution in [0.1, 0.15) is 5.56 Å². The molecular formula is C13H9BrClNO3. The third-order valence-corrected chi connectivity index (χ3v) is 3.32. The standard InChI is InChI=1S/C13H9BrClNO3/c14-9-3-1-4-10(7-9)19-8-11-12(15)5-2-6-13(11)16(17)18/h1-7H,8H2. The van der Waals surface area contributed by atoms with E-state index < -0.39 is 4.92 Å². The van der Waals surface area contributed by atoms with Gasteiger partial charge in [0.05, 0.1) is 15.5 Å². The molecule has 0 amide bonds. The summed E-state index contributed by atoms with van der Waals surface area (Å²) in [6, 6.07) is 11.8. The number of hydrogen-bond donors (Lipinski definition) is 0. The highest BCUT2D eigenvalue weighted by Crippen LogP contribution is 2.28. The van der Waals surface area contributed by atoms with E-state index in [-0.39, 0.29) is 12.3 Å². The van der Waals surface area contributed by atoms with Crippen LogP contribution in [0.4, 0.5) is 5.69 Å². The molecule has 0 heterocycles. The van der Waals surface area contributed by atoms with E-state index in [1.807, 2.05) is 12.1 Å². The lowest BCUT2D eigenvalue weighted by molar-refractivity contribution is -0.385. The molecule has 0 aliphatic heterocycles. The average molecular weight is 343 g/mol. The number of ether oxygens (including phenoxy) is 1. The van der Waals surface area contributed by atoms with E-state index in [4.69, 9.17) is 16.3 Å². The number of hydrogen-bond acceptors (Lipinski definition) is 3. The van der Waals surface area contributed by atoms with Crippen LogP contribution < -0.4 is 4.74 Å². The summed E-state index contributed by atoms with van der Waals surface area (Å²) in [5.74, 6) is 0.614. The maximum absolute atomic E-state index is 10.9. The molecule has 0 saturated carbocycles. The van der Waals surface area contributed by atoms with Crippen LogP contribution in [0, 0.1) is 10.1 Å². The fraction of sp³-hybridized carbons (Fsp3) is 0.0769. The molecule has 0 aliphatic rings. The number of nitro groups is 1. The summed E-state index contributed by atoms with van der Waals surface area (Å²) in [6.45, 7) is 0.0481. The molecule has 19 heavy (non-hydrogen) atoms. The van der Waals surface area contributed by atoms with Crippen LogP contribution in [0.3, 0.4) is 0 Å². The van der Waals surface area contributed by atoms with E-state index in [1.165, 1.54) is 6.07 Å². The smallest absolute Gasteiger partial charge is 0.277 e. The molecule has 0 N–H and O–H groups in total. The highest BCUT2D eigenvalue weighted by atomic mass is 79.9. The van der Waals surface area contributed by atoms with Crippen molar-refractivity contribution in [2.45, 2.75) is 6.61 Å². The van der Waals surface area contributed by atoms with Crippen molar-refractivity contribution in [2.75, 3.05) is 0 Å². The zero-order chi connectivity index (χ0) is 13.8. The van der Waals surface area contributed by atoms with Gasteiger partial charge in [-0.25, -0.2) is 0 Å². The monoisotopic (exact) mass is 341 g/mol. The molecule has 2 aromatic carbocycles. The summed E-state index contributed by atoms with van der Waals surface area (Å²) in [7, 11) is 0. The second-order valence-electron chi connectivity index (χ2n) is 3.74. The van der Waals surface area contributed by atoms with Crippen LogP contribution in [-0.4, -0.2) is 4.92 Å². The van der Waals surface area contributed by atoms with E-state index >= 15 is 0 Å². The topological polar surface area (TPSA) is 52.4 Å². The Morgan fingerprint density at radius 3 is 2.68 bits per heavy atom. The minimum Gasteiger partial charge on any atom is -0.489 e. The molecule has 0 fully saturated rings. The summed E-state index contributed by atoms with van der Waals surface area (Å²) in [5.41, 5.74) is 0.330. The summed E-state index contributed by atoms with van der Waals surface area (Å²) in [4.78, 5) is 10.5. The van der Waals surface area contributed by atoms with E-state index in [1.54, 1.807) is 24.3 Å². The van der Waals surface area contributed by atoms with Crippen molar-refractivity contribution in [1.82, 2.24) is 0 Å². The lowest BCUT2D eigenvalue weighted by Crippen LogP contribution is -2.01. The highest BCUT2D eigenvalue weighted by molar-refractivity contribution is 9.10. The second kappa shape index (κ2) is 6.04. The minimum atomic E-state index is -0.467. The Bertz CT molecular complexity index is 619. The minimum absolute atomic E-state index is 0.0394. The largest absolute Gasteiger partial charge is 0.489 e. The van der Waals surface area contributed by atoms with Crippen LogP contribution in [-0.2, 0) is 6.61 Å². The van der Waals surface area contributed by atoms with E-state index in [0.29, 0.717) is 16.3 Å². The van der Waals surface area contributed by atoms with Gasteiger partial charge in [-0.05, 0) is 24.3 Å².